The summed E-state index contributed by atoms with van der Waals surface area (Å²) < 4.78 is 31.3. The van der Waals surface area contributed by atoms with Gasteiger partial charge in [0.25, 0.3) is 5.92 Å². The fourth-order valence-electron chi connectivity index (χ4n) is 1.94. The summed E-state index contributed by atoms with van der Waals surface area (Å²) in [6.45, 7) is 1.96. The van der Waals surface area contributed by atoms with Gasteiger partial charge in [-0.15, -0.1) is 0 Å². The normalized spacial score (nSPS) is 19.7. The quantitative estimate of drug-likeness (QED) is 0.899. The number of aromatic hydroxyl groups is 1. The largest absolute Gasteiger partial charge is 0.508 e. The number of alkyl halides is 2. The molecule has 1 aromatic carbocycles. The van der Waals surface area contributed by atoms with E-state index in [1.54, 1.807) is 24.3 Å². The van der Waals surface area contributed by atoms with Crippen LogP contribution in [0.4, 0.5) is 8.78 Å². The molecule has 0 radical (unpaired) electrons. The van der Waals surface area contributed by atoms with Crippen LogP contribution in [0.15, 0.2) is 24.3 Å². The molecule has 2 rings (SSSR count). The SMILES string of the molecule is Oc1ccc(OCCN2CCC(F)(F)CC2)cc1. The maximum atomic E-state index is 12.9. The minimum Gasteiger partial charge on any atom is -0.508 e. The number of phenolic OH excluding ortho intramolecular Hbond substituents is 1. The van der Waals surface area contributed by atoms with Gasteiger partial charge in [0.15, 0.2) is 0 Å². The summed E-state index contributed by atoms with van der Waals surface area (Å²) in [5, 5.41) is 9.10. The third-order valence-electron chi connectivity index (χ3n) is 3.10. The molecule has 0 spiro atoms. The zero-order valence-corrected chi connectivity index (χ0v) is 10.1. The van der Waals surface area contributed by atoms with Gasteiger partial charge in [-0.05, 0) is 24.3 Å². The van der Waals surface area contributed by atoms with Crippen molar-refractivity contribution >= 4 is 0 Å². The molecule has 3 nitrogen and oxygen atoms in total. The number of nitrogens with zero attached hydrogens (tertiary/aromatic N) is 1. The first-order valence-corrected chi connectivity index (χ1v) is 6.07. The Morgan fingerprint density at radius 1 is 1.17 bits per heavy atom. The summed E-state index contributed by atoms with van der Waals surface area (Å²) in [5.41, 5.74) is 0. The van der Waals surface area contributed by atoms with Crippen LogP contribution in [0.25, 0.3) is 0 Å². The molecule has 100 valence electrons. The van der Waals surface area contributed by atoms with E-state index >= 15 is 0 Å². The van der Waals surface area contributed by atoms with E-state index in [1.165, 1.54) is 0 Å². The van der Waals surface area contributed by atoms with E-state index in [-0.39, 0.29) is 18.6 Å². The third-order valence-corrected chi connectivity index (χ3v) is 3.10. The number of hydrogen-bond donors (Lipinski definition) is 1. The Hall–Kier alpha value is -1.36. The lowest BCUT2D eigenvalue weighted by atomic mass is 10.1. The van der Waals surface area contributed by atoms with Crippen LogP contribution in [0.1, 0.15) is 12.8 Å². The standard InChI is InChI=1S/C13H17F2NO2/c14-13(15)5-7-16(8-6-13)9-10-18-12-3-1-11(17)2-4-12/h1-4,17H,5-10H2. The molecule has 0 atom stereocenters. The topological polar surface area (TPSA) is 32.7 Å². The first-order chi connectivity index (χ1) is 8.55. The number of halogens is 2. The maximum Gasteiger partial charge on any atom is 0.250 e. The second kappa shape index (κ2) is 5.52. The van der Waals surface area contributed by atoms with E-state index in [2.05, 4.69) is 0 Å². The van der Waals surface area contributed by atoms with Crippen molar-refractivity contribution in [3.63, 3.8) is 0 Å². The van der Waals surface area contributed by atoms with Gasteiger partial charge in [0.05, 0.1) is 0 Å². The molecule has 1 N–H and O–H groups in total. The molecule has 1 aliphatic rings. The second-order valence-electron chi connectivity index (χ2n) is 4.54. The van der Waals surface area contributed by atoms with Gasteiger partial charge < -0.3 is 9.84 Å². The molecule has 0 amide bonds. The fraction of sp³-hybridized carbons (Fsp3) is 0.538. The highest BCUT2D eigenvalue weighted by atomic mass is 19.3. The molecule has 0 saturated carbocycles. The molecule has 1 aromatic rings. The molecule has 18 heavy (non-hydrogen) atoms. The van der Waals surface area contributed by atoms with Crippen LogP contribution in [0.3, 0.4) is 0 Å². The van der Waals surface area contributed by atoms with Crippen molar-refractivity contribution in [2.75, 3.05) is 26.2 Å². The van der Waals surface area contributed by atoms with Crippen molar-refractivity contribution in [3.05, 3.63) is 24.3 Å². The highest BCUT2D eigenvalue weighted by Gasteiger charge is 2.33. The molecular weight excluding hydrogens is 240 g/mol. The predicted molar refractivity (Wildman–Crippen MR) is 64.2 cm³/mol. The van der Waals surface area contributed by atoms with E-state index in [4.69, 9.17) is 9.84 Å². The third kappa shape index (κ3) is 3.84. The molecule has 0 bridgehead atoms. The Labute approximate surface area is 105 Å². The van der Waals surface area contributed by atoms with Crippen molar-refractivity contribution in [2.24, 2.45) is 0 Å². The maximum absolute atomic E-state index is 12.9. The van der Waals surface area contributed by atoms with Crippen LogP contribution in [0.2, 0.25) is 0 Å². The first-order valence-electron chi connectivity index (χ1n) is 6.07. The van der Waals surface area contributed by atoms with E-state index in [0.717, 1.165) is 0 Å². The number of ether oxygens (including phenoxy) is 1. The highest BCUT2D eigenvalue weighted by molar-refractivity contribution is 5.29. The van der Waals surface area contributed by atoms with Gasteiger partial charge >= 0.3 is 0 Å². The Morgan fingerprint density at radius 2 is 1.78 bits per heavy atom. The van der Waals surface area contributed by atoms with Crippen molar-refractivity contribution in [1.29, 1.82) is 0 Å². The van der Waals surface area contributed by atoms with Crippen LogP contribution >= 0.6 is 0 Å². The molecule has 0 unspecified atom stereocenters. The minimum absolute atomic E-state index is 0.0633. The molecule has 1 saturated heterocycles. The van der Waals surface area contributed by atoms with Gasteiger partial charge in [-0.3, -0.25) is 4.90 Å². The van der Waals surface area contributed by atoms with E-state index in [1.807, 2.05) is 4.90 Å². The lowest BCUT2D eigenvalue weighted by Crippen LogP contribution is -2.41. The van der Waals surface area contributed by atoms with Crippen molar-refractivity contribution < 1.29 is 18.6 Å². The van der Waals surface area contributed by atoms with Gasteiger partial charge in [-0.2, -0.15) is 0 Å². The summed E-state index contributed by atoms with van der Waals surface area (Å²) in [7, 11) is 0. The highest BCUT2D eigenvalue weighted by Crippen LogP contribution is 2.27. The Morgan fingerprint density at radius 3 is 2.39 bits per heavy atom. The lowest BCUT2D eigenvalue weighted by molar-refractivity contribution is -0.0564. The number of rotatable bonds is 4. The molecular formula is C13H17F2NO2. The summed E-state index contributed by atoms with van der Waals surface area (Å²) in [6.07, 6.45) is -0.127. The molecule has 0 aromatic heterocycles. The average Bonchev–Trinajstić information content (AvgIpc) is 2.34. The van der Waals surface area contributed by atoms with Gasteiger partial charge in [0, 0.05) is 32.5 Å². The minimum atomic E-state index is -2.49. The van der Waals surface area contributed by atoms with E-state index < -0.39 is 5.92 Å². The summed E-state index contributed by atoms with van der Waals surface area (Å²) in [6, 6.07) is 6.47. The van der Waals surface area contributed by atoms with Gasteiger partial charge in [-0.25, -0.2) is 8.78 Å². The van der Waals surface area contributed by atoms with Crippen molar-refractivity contribution in [2.45, 2.75) is 18.8 Å². The van der Waals surface area contributed by atoms with Gasteiger partial charge in [0.2, 0.25) is 0 Å². The molecule has 1 heterocycles. The number of hydrogen-bond acceptors (Lipinski definition) is 3. The molecule has 1 fully saturated rings. The summed E-state index contributed by atoms with van der Waals surface area (Å²) in [4.78, 5) is 1.98. The number of piperidine rings is 1. The monoisotopic (exact) mass is 257 g/mol. The van der Waals surface area contributed by atoms with Crippen LogP contribution in [-0.2, 0) is 0 Å². The fourth-order valence-corrected chi connectivity index (χ4v) is 1.94. The van der Waals surface area contributed by atoms with Gasteiger partial charge in [0.1, 0.15) is 18.1 Å². The van der Waals surface area contributed by atoms with Crippen LogP contribution in [-0.4, -0.2) is 42.2 Å². The van der Waals surface area contributed by atoms with Crippen LogP contribution in [0, 0.1) is 0 Å². The zero-order chi connectivity index (χ0) is 13.0. The van der Waals surface area contributed by atoms with Crippen molar-refractivity contribution in [3.8, 4) is 11.5 Å². The number of likely N-dealkylation sites (tertiary alicyclic amines) is 1. The number of benzene rings is 1. The zero-order valence-electron chi connectivity index (χ0n) is 10.1. The van der Waals surface area contributed by atoms with Crippen LogP contribution < -0.4 is 4.74 Å². The second-order valence-corrected chi connectivity index (χ2v) is 4.54. The lowest BCUT2D eigenvalue weighted by Gasteiger charge is -2.31. The molecule has 5 heteroatoms. The Balaban J connectivity index is 1.68. The van der Waals surface area contributed by atoms with Crippen molar-refractivity contribution in [1.82, 2.24) is 4.90 Å². The Bertz CT molecular complexity index is 371. The number of phenols is 1. The summed E-state index contributed by atoms with van der Waals surface area (Å²) >= 11 is 0. The molecule has 1 aliphatic heterocycles. The van der Waals surface area contributed by atoms with Crippen LogP contribution in [0.5, 0.6) is 11.5 Å². The average molecular weight is 257 g/mol. The first kappa shape index (κ1) is 13.1. The van der Waals surface area contributed by atoms with E-state index in [0.29, 0.717) is 32.0 Å². The Kier molecular flexibility index (Phi) is 4.01. The smallest absolute Gasteiger partial charge is 0.250 e. The predicted octanol–water partition coefficient (Wildman–Crippen LogP) is 2.50. The summed E-state index contributed by atoms with van der Waals surface area (Å²) in [5.74, 6) is -1.62. The van der Waals surface area contributed by atoms with E-state index in [9.17, 15) is 8.78 Å². The molecule has 0 aliphatic carbocycles. The van der Waals surface area contributed by atoms with Gasteiger partial charge in [-0.1, -0.05) is 0 Å².